The van der Waals surface area contributed by atoms with Gasteiger partial charge in [0.1, 0.15) is 5.75 Å². The molecule has 0 amide bonds. The number of benzene rings is 1. The van der Waals surface area contributed by atoms with Gasteiger partial charge >= 0.3 is 0 Å². The lowest BCUT2D eigenvalue weighted by atomic mass is 10.1. The van der Waals surface area contributed by atoms with E-state index >= 15 is 0 Å². The van der Waals surface area contributed by atoms with Crippen molar-refractivity contribution in [3.8, 4) is 0 Å². The number of nitrogens with one attached hydrogen (secondary N) is 1. The van der Waals surface area contributed by atoms with E-state index in [0.29, 0.717) is 28.5 Å². The van der Waals surface area contributed by atoms with Crippen LogP contribution in [0.5, 0.6) is 0 Å². The molecule has 2 rings (SSSR count). The first kappa shape index (κ1) is 12.4. The average Bonchev–Trinajstić information content (AvgIpc) is 2.65. The maximum atomic E-state index is 10.8. The van der Waals surface area contributed by atoms with Crippen LogP contribution in [0.1, 0.15) is 11.1 Å². The zero-order valence-corrected chi connectivity index (χ0v) is 10.3. The summed E-state index contributed by atoms with van der Waals surface area (Å²) in [6.07, 6.45) is 1.81. The molecular formula is C10H10ClNO4S. The zero-order chi connectivity index (χ0) is 12.5. The monoisotopic (exact) mass is 275 g/mol. The first-order chi connectivity index (χ1) is 7.94. The summed E-state index contributed by atoms with van der Waals surface area (Å²) in [6.45, 7) is 0.579. The van der Waals surface area contributed by atoms with Crippen LogP contribution in [-0.2, 0) is 20.7 Å². The predicted molar refractivity (Wildman–Crippen MR) is 63.8 cm³/mol. The maximum Gasteiger partial charge on any atom is 0.269 e. The van der Waals surface area contributed by atoms with Crippen LogP contribution in [0.2, 0.25) is 5.02 Å². The number of hydrogen-bond acceptors (Lipinski definition) is 4. The minimum Gasteiger partial charge on any atom is -0.408 e. The number of rotatable bonds is 3. The van der Waals surface area contributed by atoms with E-state index in [4.69, 9.17) is 21.0 Å². The van der Waals surface area contributed by atoms with Crippen molar-refractivity contribution in [1.82, 2.24) is 5.48 Å². The van der Waals surface area contributed by atoms with Crippen LogP contribution in [0.4, 0.5) is 0 Å². The van der Waals surface area contributed by atoms with Crippen molar-refractivity contribution >= 4 is 27.5 Å². The van der Waals surface area contributed by atoms with Gasteiger partial charge in [0.15, 0.2) is 5.76 Å². The second-order valence-corrected chi connectivity index (χ2v) is 5.48. The highest BCUT2D eigenvalue weighted by atomic mass is 35.5. The first-order valence-electron chi connectivity index (χ1n) is 4.79. The molecule has 0 fully saturated rings. The fourth-order valence-electron chi connectivity index (χ4n) is 1.56. The van der Waals surface area contributed by atoms with Gasteiger partial charge in [0.25, 0.3) is 10.1 Å². The SMILES string of the molecule is O=S(=O)(O)Cc1cc(Cl)cc(C2=CCNO2)c1. The summed E-state index contributed by atoms with van der Waals surface area (Å²) in [7, 11) is -4.07. The topological polar surface area (TPSA) is 75.6 Å². The quantitative estimate of drug-likeness (QED) is 0.820. The Bertz CT molecular complexity index is 568. The average molecular weight is 276 g/mol. The van der Waals surface area contributed by atoms with Gasteiger partial charge < -0.3 is 4.84 Å². The molecule has 0 bridgehead atoms. The molecule has 7 heteroatoms. The fraction of sp³-hybridized carbons (Fsp3) is 0.200. The molecule has 92 valence electrons. The summed E-state index contributed by atoms with van der Waals surface area (Å²) < 4.78 is 30.4. The van der Waals surface area contributed by atoms with Crippen LogP contribution in [0.3, 0.4) is 0 Å². The molecule has 0 spiro atoms. The van der Waals surface area contributed by atoms with Gasteiger partial charge in [-0.3, -0.25) is 4.55 Å². The summed E-state index contributed by atoms with van der Waals surface area (Å²) in [6, 6.07) is 4.76. The molecule has 1 heterocycles. The Morgan fingerprint density at radius 3 is 2.76 bits per heavy atom. The Morgan fingerprint density at radius 1 is 1.41 bits per heavy atom. The molecule has 1 aliphatic rings. The molecule has 0 unspecified atom stereocenters. The second kappa shape index (κ2) is 4.66. The highest BCUT2D eigenvalue weighted by Crippen LogP contribution is 2.24. The molecule has 0 aliphatic carbocycles. The molecule has 0 saturated heterocycles. The summed E-state index contributed by atoms with van der Waals surface area (Å²) in [5.41, 5.74) is 3.73. The Morgan fingerprint density at radius 2 is 2.18 bits per heavy atom. The van der Waals surface area contributed by atoms with Crippen LogP contribution in [0.25, 0.3) is 5.76 Å². The van der Waals surface area contributed by atoms with Crippen molar-refractivity contribution in [3.63, 3.8) is 0 Å². The van der Waals surface area contributed by atoms with E-state index in [1.807, 2.05) is 6.08 Å². The molecule has 1 aromatic rings. The molecule has 1 aliphatic heterocycles. The lowest BCUT2D eigenvalue weighted by Gasteiger charge is -2.06. The van der Waals surface area contributed by atoms with Crippen molar-refractivity contribution < 1.29 is 17.8 Å². The molecule has 2 N–H and O–H groups in total. The predicted octanol–water partition coefficient (Wildman–Crippen LogP) is 1.60. The molecule has 0 saturated carbocycles. The standard InChI is InChI=1S/C10H10ClNO4S/c11-9-4-7(6-17(13,14)15)3-8(5-9)10-1-2-12-16-10/h1,3-5,12H,2,6H2,(H,13,14,15). The summed E-state index contributed by atoms with van der Waals surface area (Å²) in [4.78, 5) is 5.12. The zero-order valence-electron chi connectivity index (χ0n) is 8.68. The molecule has 17 heavy (non-hydrogen) atoms. The van der Waals surface area contributed by atoms with Gasteiger partial charge in [-0.2, -0.15) is 13.9 Å². The van der Waals surface area contributed by atoms with E-state index in [0.717, 1.165) is 0 Å². The van der Waals surface area contributed by atoms with E-state index in [9.17, 15) is 8.42 Å². The minimum atomic E-state index is -4.07. The van der Waals surface area contributed by atoms with Gasteiger partial charge in [0.2, 0.25) is 0 Å². The van der Waals surface area contributed by atoms with Gasteiger partial charge in [-0.1, -0.05) is 11.6 Å². The van der Waals surface area contributed by atoms with Crippen molar-refractivity contribution in [2.75, 3.05) is 6.54 Å². The van der Waals surface area contributed by atoms with Gasteiger partial charge in [-0.25, -0.2) is 0 Å². The van der Waals surface area contributed by atoms with Crippen molar-refractivity contribution in [1.29, 1.82) is 0 Å². The lowest BCUT2D eigenvalue weighted by molar-refractivity contribution is 0.191. The molecule has 0 radical (unpaired) electrons. The number of halogens is 1. The van der Waals surface area contributed by atoms with Crippen LogP contribution >= 0.6 is 11.6 Å². The second-order valence-electron chi connectivity index (χ2n) is 3.59. The smallest absolute Gasteiger partial charge is 0.269 e. The van der Waals surface area contributed by atoms with Gasteiger partial charge in [0.05, 0.1) is 6.54 Å². The van der Waals surface area contributed by atoms with E-state index < -0.39 is 15.9 Å². The Kier molecular flexibility index (Phi) is 3.39. The van der Waals surface area contributed by atoms with E-state index in [2.05, 4.69) is 5.48 Å². The molecule has 1 aromatic carbocycles. The largest absolute Gasteiger partial charge is 0.408 e. The highest BCUT2D eigenvalue weighted by molar-refractivity contribution is 7.85. The maximum absolute atomic E-state index is 10.8. The van der Waals surface area contributed by atoms with E-state index in [1.165, 1.54) is 6.07 Å². The van der Waals surface area contributed by atoms with E-state index in [-0.39, 0.29) is 0 Å². The summed E-state index contributed by atoms with van der Waals surface area (Å²) in [5.74, 6) is 0.116. The third-order valence-corrected chi connectivity index (χ3v) is 3.06. The van der Waals surface area contributed by atoms with Crippen molar-refractivity contribution in [2.45, 2.75) is 5.75 Å². The molecule has 5 nitrogen and oxygen atoms in total. The fourth-order valence-corrected chi connectivity index (χ4v) is 2.40. The third-order valence-electron chi connectivity index (χ3n) is 2.14. The van der Waals surface area contributed by atoms with Gasteiger partial charge in [-0.05, 0) is 29.8 Å². The molecule has 0 atom stereocenters. The Labute approximate surface area is 104 Å². The molecule has 0 aromatic heterocycles. The van der Waals surface area contributed by atoms with Gasteiger partial charge in [-0.15, -0.1) is 0 Å². The number of hydrogen-bond donors (Lipinski definition) is 2. The van der Waals surface area contributed by atoms with Crippen molar-refractivity contribution in [2.24, 2.45) is 0 Å². The van der Waals surface area contributed by atoms with Crippen LogP contribution in [-0.4, -0.2) is 19.5 Å². The van der Waals surface area contributed by atoms with Gasteiger partial charge in [0, 0.05) is 10.6 Å². The van der Waals surface area contributed by atoms with Crippen LogP contribution in [0, 0.1) is 0 Å². The van der Waals surface area contributed by atoms with Crippen molar-refractivity contribution in [3.05, 3.63) is 40.4 Å². The number of hydroxylamine groups is 1. The normalized spacial score (nSPS) is 15.5. The third kappa shape index (κ3) is 3.44. The summed E-state index contributed by atoms with van der Waals surface area (Å²) in [5, 5.41) is 0.387. The van der Waals surface area contributed by atoms with E-state index in [1.54, 1.807) is 12.1 Å². The first-order valence-corrected chi connectivity index (χ1v) is 6.78. The Balaban J connectivity index is 2.35. The van der Waals surface area contributed by atoms with Crippen LogP contribution in [0.15, 0.2) is 24.3 Å². The highest BCUT2D eigenvalue weighted by Gasteiger charge is 2.13. The van der Waals surface area contributed by atoms with Crippen LogP contribution < -0.4 is 5.48 Å². The molecular weight excluding hydrogens is 266 g/mol. The Hall–Kier alpha value is -1.08. The lowest BCUT2D eigenvalue weighted by Crippen LogP contribution is -2.05. The minimum absolute atomic E-state index is 0.387. The summed E-state index contributed by atoms with van der Waals surface area (Å²) >= 11 is 5.88.